The molecular formula is C12H17N3S. The van der Waals surface area contributed by atoms with Crippen molar-refractivity contribution >= 4 is 11.3 Å². The summed E-state index contributed by atoms with van der Waals surface area (Å²) in [6, 6.07) is 4.46. The molecule has 0 spiro atoms. The SMILES string of the molecule is CCCNC(c1ccsc1)c1ccn(C)n1. The average molecular weight is 235 g/mol. The van der Waals surface area contributed by atoms with Gasteiger partial charge >= 0.3 is 0 Å². The topological polar surface area (TPSA) is 29.9 Å². The van der Waals surface area contributed by atoms with Gasteiger partial charge in [0.25, 0.3) is 0 Å². The molecule has 1 unspecified atom stereocenters. The van der Waals surface area contributed by atoms with E-state index in [1.807, 2.05) is 17.9 Å². The average Bonchev–Trinajstić information content (AvgIpc) is 2.91. The molecule has 2 aromatic rings. The van der Waals surface area contributed by atoms with E-state index in [9.17, 15) is 0 Å². The van der Waals surface area contributed by atoms with Gasteiger partial charge in [-0.1, -0.05) is 6.92 Å². The van der Waals surface area contributed by atoms with Crippen molar-refractivity contribution < 1.29 is 0 Å². The van der Waals surface area contributed by atoms with Crippen LogP contribution in [0.25, 0.3) is 0 Å². The highest BCUT2D eigenvalue weighted by molar-refractivity contribution is 7.08. The Bertz CT molecular complexity index is 419. The van der Waals surface area contributed by atoms with Crippen molar-refractivity contribution in [3.05, 3.63) is 40.3 Å². The van der Waals surface area contributed by atoms with Crippen LogP contribution in [0.2, 0.25) is 0 Å². The van der Waals surface area contributed by atoms with Crippen molar-refractivity contribution in [2.24, 2.45) is 7.05 Å². The van der Waals surface area contributed by atoms with Crippen LogP contribution < -0.4 is 5.32 Å². The second-order valence-corrected chi connectivity index (χ2v) is 4.64. The van der Waals surface area contributed by atoms with Gasteiger partial charge in [-0.3, -0.25) is 4.68 Å². The Morgan fingerprint density at radius 2 is 2.38 bits per heavy atom. The Hall–Kier alpha value is -1.13. The Labute approximate surface area is 100 Å². The zero-order valence-corrected chi connectivity index (χ0v) is 10.5. The van der Waals surface area contributed by atoms with E-state index < -0.39 is 0 Å². The van der Waals surface area contributed by atoms with Crippen LogP contribution in [0.15, 0.2) is 29.1 Å². The second-order valence-electron chi connectivity index (χ2n) is 3.86. The van der Waals surface area contributed by atoms with E-state index in [0.29, 0.717) is 0 Å². The Morgan fingerprint density at radius 3 is 2.94 bits per heavy atom. The molecule has 0 amide bonds. The van der Waals surface area contributed by atoms with Crippen LogP contribution in [-0.2, 0) is 7.05 Å². The molecule has 2 heterocycles. The summed E-state index contributed by atoms with van der Waals surface area (Å²) in [6.07, 6.45) is 3.12. The van der Waals surface area contributed by atoms with Crippen LogP contribution in [0, 0.1) is 0 Å². The molecule has 0 bridgehead atoms. The fourth-order valence-corrected chi connectivity index (χ4v) is 2.39. The van der Waals surface area contributed by atoms with Gasteiger partial charge in [0.1, 0.15) is 0 Å². The van der Waals surface area contributed by atoms with E-state index in [0.717, 1.165) is 18.7 Å². The summed E-state index contributed by atoms with van der Waals surface area (Å²) in [5.74, 6) is 0. The molecule has 3 nitrogen and oxygen atoms in total. The molecule has 4 heteroatoms. The third-order valence-corrected chi connectivity index (χ3v) is 3.21. The lowest BCUT2D eigenvalue weighted by atomic mass is 10.1. The van der Waals surface area contributed by atoms with Crippen LogP contribution in [0.1, 0.15) is 30.6 Å². The van der Waals surface area contributed by atoms with Crippen LogP contribution in [0.3, 0.4) is 0 Å². The molecule has 0 fully saturated rings. The number of aryl methyl sites for hydroxylation is 1. The monoisotopic (exact) mass is 235 g/mol. The molecule has 0 aliphatic rings. The van der Waals surface area contributed by atoms with Crippen molar-refractivity contribution in [2.45, 2.75) is 19.4 Å². The minimum atomic E-state index is 0.229. The molecule has 0 aliphatic heterocycles. The van der Waals surface area contributed by atoms with Crippen LogP contribution in [0.5, 0.6) is 0 Å². The Kier molecular flexibility index (Phi) is 3.74. The second kappa shape index (κ2) is 5.27. The van der Waals surface area contributed by atoms with Gasteiger partial charge in [0, 0.05) is 13.2 Å². The van der Waals surface area contributed by atoms with Crippen molar-refractivity contribution in [1.82, 2.24) is 15.1 Å². The number of rotatable bonds is 5. The standard InChI is InChI=1S/C12H17N3S/c1-3-6-13-12(10-5-8-16-9-10)11-4-7-15(2)14-11/h4-5,7-9,12-13H,3,6H2,1-2H3. The first-order valence-corrected chi connectivity index (χ1v) is 6.50. The van der Waals surface area contributed by atoms with E-state index in [-0.39, 0.29) is 6.04 Å². The van der Waals surface area contributed by atoms with Gasteiger partial charge in [0.15, 0.2) is 0 Å². The third kappa shape index (κ3) is 2.51. The zero-order valence-electron chi connectivity index (χ0n) is 9.68. The van der Waals surface area contributed by atoms with Crippen molar-refractivity contribution in [3.8, 4) is 0 Å². The van der Waals surface area contributed by atoms with E-state index in [1.54, 1.807) is 11.3 Å². The van der Waals surface area contributed by atoms with Crippen molar-refractivity contribution in [1.29, 1.82) is 0 Å². The fraction of sp³-hybridized carbons (Fsp3) is 0.417. The molecule has 1 N–H and O–H groups in total. The lowest BCUT2D eigenvalue weighted by Gasteiger charge is -2.15. The summed E-state index contributed by atoms with van der Waals surface area (Å²) in [6.45, 7) is 3.19. The number of hydrogen-bond donors (Lipinski definition) is 1. The predicted octanol–water partition coefficient (Wildman–Crippen LogP) is 2.57. The Balaban J connectivity index is 2.21. The maximum Gasteiger partial charge on any atom is 0.0839 e. The number of nitrogens with one attached hydrogen (secondary N) is 1. The molecule has 0 saturated heterocycles. The van der Waals surface area contributed by atoms with Crippen molar-refractivity contribution in [2.75, 3.05) is 6.54 Å². The molecule has 0 saturated carbocycles. The minimum absolute atomic E-state index is 0.229. The number of aromatic nitrogens is 2. The summed E-state index contributed by atoms with van der Waals surface area (Å²) in [4.78, 5) is 0. The van der Waals surface area contributed by atoms with Gasteiger partial charge < -0.3 is 5.32 Å². The molecule has 86 valence electrons. The largest absolute Gasteiger partial charge is 0.305 e. The van der Waals surface area contributed by atoms with E-state index >= 15 is 0 Å². The first kappa shape index (κ1) is 11.4. The smallest absolute Gasteiger partial charge is 0.0839 e. The summed E-state index contributed by atoms with van der Waals surface area (Å²) in [5, 5.41) is 12.3. The van der Waals surface area contributed by atoms with Gasteiger partial charge in [0.05, 0.1) is 11.7 Å². The maximum atomic E-state index is 4.48. The molecule has 2 rings (SSSR count). The highest BCUT2D eigenvalue weighted by atomic mass is 32.1. The summed E-state index contributed by atoms with van der Waals surface area (Å²) >= 11 is 1.73. The fourth-order valence-electron chi connectivity index (χ4n) is 1.71. The van der Waals surface area contributed by atoms with E-state index in [4.69, 9.17) is 0 Å². The van der Waals surface area contributed by atoms with Crippen LogP contribution in [-0.4, -0.2) is 16.3 Å². The quantitative estimate of drug-likeness (QED) is 0.863. The summed E-state index contributed by atoms with van der Waals surface area (Å²) in [7, 11) is 1.95. The van der Waals surface area contributed by atoms with E-state index in [2.05, 4.69) is 40.2 Å². The molecule has 1 atom stereocenters. The molecular weight excluding hydrogens is 218 g/mol. The first-order valence-electron chi connectivity index (χ1n) is 5.56. The lowest BCUT2D eigenvalue weighted by Crippen LogP contribution is -2.23. The molecule has 16 heavy (non-hydrogen) atoms. The van der Waals surface area contributed by atoms with E-state index in [1.165, 1.54) is 5.56 Å². The van der Waals surface area contributed by atoms with Crippen molar-refractivity contribution in [3.63, 3.8) is 0 Å². The molecule has 0 aromatic carbocycles. The number of thiophene rings is 1. The van der Waals surface area contributed by atoms with Gasteiger partial charge in [-0.05, 0) is 41.4 Å². The molecule has 0 aliphatic carbocycles. The highest BCUT2D eigenvalue weighted by Gasteiger charge is 2.15. The van der Waals surface area contributed by atoms with Crippen LogP contribution >= 0.6 is 11.3 Å². The lowest BCUT2D eigenvalue weighted by molar-refractivity contribution is 0.577. The minimum Gasteiger partial charge on any atom is -0.305 e. The highest BCUT2D eigenvalue weighted by Crippen LogP contribution is 2.22. The predicted molar refractivity (Wildman–Crippen MR) is 67.7 cm³/mol. The number of nitrogens with zero attached hydrogens (tertiary/aromatic N) is 2. The molecule has 2 aromatic heterocycles. The van der Waals surface area contributed by atoms with Crippen LogP contribution in [0.4, 0.5) is 0 Å². The third-order valence-electron chi connectivity index (χ3n) is 2.50. The first-order chi connectivity index (χ1) is 7.81. The molecule has 0 radical (unpaired) electrons. The van der Waals surface area contributed by atoms with Gasteiger partial charge in [0.2, 0.25) is 0 Å². The van der Waals surface area contributed by atoms with Gasteiger partial charge in [-0.2, -0.15) is 16.4 Å². The Morgan fingerprint density at radius 1 is 1.50 bits per heavy atom. The summed E-state index contributed by atoms with van der Waals surface area (Å²) in [5.41, 5.74) is 2.39. The maximum absolute atomic E-state index is 4.48. The zero-order chi connectivity index (χ0) is 11.4. The normalized spacial score (nSPS) is 12.9. The summed E-state index contributed by atoms with van der Waals surface area (Å²) < 4.78 is 1.85. The number of hydrogen-bond acceptors (Lipinski definition) is 3. The van der Waals surface area contributed by atoms with Gasteiger partial charge in [-0.15, -0.1) is 0 Å². The van der Waals surface area contributed by atoms with Gasteiger partial charge in [-0.25, -0.2) is 0 Å².